The maximum atomic E-state index is 13.4. The molecule has 11 nitrogen and oxygen atoms in total. The summed E-state index contributed by atoms with van der Waals surface area (Å²) < 4.78 is 11.5. The summed E-state index contributed by atoms with van der Waals surface area (Å²) in [6.45, 7) is 9.79. The van der Waals surface area contributed by atoms with Crippen LogP contribution in [0.1, 0.15) is 76.4 Å². The number of nitrogens with zero attached hydrogens (tertiary/aromatic N) is 3. The second-order valence-electron chi connectivity index (χ2n) is 11.1. The van der Waals surface area contributed by atoms with Crippen LogP contribution in [0.25, 0.3) is 0 Å². The Hall–Kier alpha value is -3.41. The molecule has 1 aliphatic heterocycles. The summed E-state index contributed by atoms with van der Waals surface area (Å²) in [6, 6.07) is 1.40. The molecule has 6 N–H and O–H groups in total. The molecule has 0 aromatic carbocycles. The number of likely N-dealkylation sites (tertiary alicyclic amines) is 1. The molecule has 0 bridgehead atoms. The van der Waals surface area contributed by atoms with Crippen LogP contribution in [0.2, 0.25) is 0 Å². The van der Waals surface area contributed by atoms with Crippen LogP contribution in [0.4, 0.5) is 15.5 Å². The second-order valence-corrected chi connectivity index (χ2v) is 12.3. The average molecular weight is 544 g/mol. The molecular formula is C26H37N7O4S. The number of carbonyl (C=O) groups is 2. The molecule has 2 aliphatic rings. The average Bonchev–Trinajstić information content (AvgIpc) is 3.44. The number of fused-ring (bicyclic) bond motifs is 1. The van der Waals surface area contributed by atoms with E-state index in [2.05, 4.69) is 15.3 Å². The summed E-state index contributed by atoms with van der Waals surface area (Å²) in [5.74, 6) is -0.498. The topological polar surface area (TPSA) is 170 Å². The smallest absolute Gasteiger partial charge is 0.410 e. The lowest BCUT2D eigenvalue weighted by Gasteiger charge is -2.33. The van der Waals surface area contributed by atoms with Crippen LogP contribution in [0.5, 0.6) is 6.01 Å². The first-order valence-corrected chi connectivity index (χ1v) is 13.7. The first-order chi connectivity index (χ1) is 17.8. The highest BCUT2D eigenvalue weighted by atomic mass is 32.1. The number of aromatic nitrogens is 2. The van der Waals surface area contributed by atoms with E-state index in [1.54, 1.807) is 4.90 Å². The number of nitrogen functional groups attached to an aromatic ring is 2. The third kappa shape index (κ3) is 5.54. The van der Waals surface area contributed by atoms with Crippen LogP contribution in [0.3, 0.4) is 0 Å². The molecule has 0 unspecified atom stereocenters. The quantitative estimate of drug-likeness (QED) is 0.327. The van der Waals surface area contributed by atoms with Crippen LogP contribution >= 0.6 is 11.3 Å². The molecule has 1 fully saturated rings. The summed E-state index contributed by atoms with van der Waals surface area (Å²) in [6.07, 6.45) is 4.57. The van der Waals surface area contributed by atoms with E-state index in [4.69, 9.17) is 26.4 Å². The molecule has 0 radical (unpaired) electrons. The van der Waals surface area contributed by atoms with Gasteiger partial charge >= 0.3 is 12.1 Å². The van der Waals surface area contributed by atoms with Gasteiger partial charge in [-0.25, -0.2) is 9.78 Å². The highest BCUT2D eigenvalue weighted by Gasteiger charge is 2.43. The van der Waals surface area contributed by atoms with Crippen LogP contribution in [-0.2, 0) is 21.4 Å². The Kier molecular flexibility index (Phi) is 7.55. The maximum absolute atomic E-state index is 13.4. The highest BCUT2D eigenvalue weighted by molar-refractivity contribution is 7.16. The Morgan fingerprint density at radius 1 is 1.32 bits per heavy atom. The fourth-order valence-corrected chi connectivity index (χ4v) is 6.33. The largest absolute Gasteiger partial charge is 0.458 e. The number of aryl methyl sites for hydroxylation is 1. The standard InChI is InChI=1S/C26H37N7O4S/c1-14(16-8-7-13-33(16)24(35)37-25(2,3)4)36-23-30-12-10-15(31-23)20(28)32-22(34)26(5)11-6-9-17-18(26)19(27)21(29)38-17/h10,12,14,16H,6-9,11,13,27,29H2,1-5H3,(H2,28,32,34)/t14-,16-,26-/m0/s1. The number of carbonyl (C=O) groups excluding carboxylic acids is 2. The number of amidine groups is 1. The molecule has 2 aromatic heterocycles. The van der Waals surface area contributed by atoms with Gasteiger partial charge in [0.2, 0.25) is 5.91 Å². The molecular weight excluding hydrogens is 506 g/mol. The number of nitrogens with two attached hydrogens (primary N) is 2. The number of nitrogens with one attached hydrogen (secondary N) is 2. The monoisotopic (exact) mass is 543 g/mol. The van der Waals surface area contributed by atoms with Gasteiger partial charge in [-0.05, 0) is 72.8 Å². The van der Waals surface area contributed by atoms with Crippen molar-refractivity contribution in [3.63, 3.8) is 0 Å². The minimum Gasteiger partial charge on any atom is -0.458 e. The molecule has 0 spiro atoms. The predicted octanol–water partition coefficient (Wildman–Crippen LogP) is 3.61. The van der Waals surface area contributed by atoms with E-state index in [9.17, 15) is 9.59 Å². The summed E-state index contributed by atoms with van der Waals surface area (Å²) in [5, 5.41) is 11.7. The Balaban J connectivity index is 1.44. The van der Waals surface area contributed by atoms with Gasteiger partial charge in [0.15, 0.2) is 5.84 Å². The molecule has 2 aromatic rings. The minimum atomic E-state index is -0.896. The number of amides is 2. The van der Waals surface area contributed by atoms with Gasteiger partial charge in [0, 0.05) is 23.2 Å². The SMILES string of the molecule is C[C@H](Oc1nccc(C(=N)NC(=O)[C@@]2(C)CCCc3sc(N)c(N)c32)n1)[C@@H]1CCCN1C(=O)OC(C)(C)C. The summed E-state index contributed by atoms with van der Waals surface area (Å²) in [5.41, 5.74) is 12.2. The van der Waals surface area contributed by atoms with Gasteiger partial charge in [0.1, 0.15) is 22.4 Å². The first-order valence-electron chi connectivity index (χ1n) is 12.9. The maximum Gasteiger partial charge on any atom is 0.410 e. The fraction of sp³-hybridized carbons (Fsp3) is 0.577. The Morgan fingerprint density at radius 3 is 2.76 bits per heavy atom. The summed E-state index contributed by atoms with van der Waals surface area (Å²) >= 11 is 1.42. The van der Waals surface area contributed by atoms with Crippen molar-refractivity contribution >= 4 is 39.9 Å². The van der Waals surface area contributed by atoms with E-state index >= 15 is 0 Å². The molecule has 38 heavy (non-hydrogen) atoms. The van der Waals surface area contributed by atoms with Crippen molar-refractivity contribution in [2.75, 3.05) is 18.0 Å². The molecule has 3 atom stereocenters. The lowest BCUT2D eigenvalue weighted by molar-refractivity contribution is -0.125. The van der Waals surface area contributed by atoms with Crippen molar-refractivity contribution in [1.82, 2.24) is 20.2 Å². The van der Waals surface area contributed by atoms with Crippen LogP contribution < -0.4 is 21.5 Å². The predicted molar refractivity (Wildman–Crippen MR) is 146 cm³/mol. The van der Waals surface area contributed by atoms with E-state index in [0.29, 0.717) is 23.7 Å². The zero-order valence-corrected chi connectivity index (χ0v) is 23.4. The summed E-state index contributed by atoms with van der Waals surface area (Å²) in [7, 11) is 0. The fourth-order valence-electron chi connectivity index (χ4n) is 5.17. The van der Waals surface area contributed by atoms with Crippen molar-refractivity contribution in [1.29, 1.82) is 5.41 Å². The third-order valence-corrected chi connectivity index (χ3v) is 8.16. The number of thiophene rings is 1. The lowest BCUT2D eigenvalue weighted by Crippen LogP contribution is -2.47. The highest BCUT2D eigenvalue weighted by Crippen LogP contribution is 2.47. The first kappa shape index (κ1) is 27.6. The van der Waals surface area contributed by atoms with Crippen molar-refractivity contribution < 1.29 is 19.1 Å². The Bertz CT molecular complexity index is 1240. The van der Waals surface area contributed by atoms with E-state index in [1.807, 2.05) is 34.6 Å². The van der Waals surface area contributed by atoms with Crippen LogP contribution in [-0.4, -0.2) is 57.0 Å². The minimum absolute atomic E-state index is 0.0612. The van der Waals surface area contributed by atoms with E-state index in [-0.39, 0.29) is 35.6 Å². The summed E-state index contributed by atoms with van der Waals surface area (Å²) in [4.78, 5) is 37.3. The number of hydrogen-bond acceptors (Lipinski definition) is 10. The molecule has 1 saturated heterocycles. The number of ether oxygens (including phenoxy) is 2. The van der Waals surface area contributed by atoms with Gasteiger partial charge in [-0.15, -0.1) is 11.3 Å². The van der Waals surface area contributed by atoms with Gasteiger partial charge in [-0.1, -0.05) is 0 Å². The lowest BCUT2D eigenvalue weighted by atomic mass is 9.72. The molecule has 4 rings (SSSR count). The zero-order valence-electron chi connectivity index (χ0n) is 22.6. The normalized spacial score (nSPS) is 21.9. The Morgan fingerprint density at radius 2 is 2.05 bits per heavy atom. The third-order valence-electron chi connectivity index (χ3n) is 7.07. The van der Waals surface area contributed by atoms with Crippen LogP contribution in [0, 0.1) is 5.41 Å². The number of hydrogen-bond donors (Lipinski definition) is 4. The van der Waals surface area contributed by atoms with Crippen molar-refractivity contribution in [2.45, 2.75) is 89.9 Å². The van der Waals surface area contributed by atoms with E-state index < -0.39 is 17.1 Å². The van der Waals surface area contributed by atoms with Crippen molar-refractivity contribution in [3.05, 3.63) is 28.4 Å². The van der Waals surface area contributed by atoms with Gasteiger partial charge in [-0.3, -0.25) is 10.2 Å². The zero-order chi connectivity index (χ0) is 27.8. The Labute approximate surface area is 226 Å². The van der Waals surface area contributed by atoms with Crippen molar-refractivity contribution in [2.24, 2.45) is 0 Å². The molecule has 3 heterocycles. The van der Waals surface area contributed by atoms with Crippen LogP contribution in [0.15, 0.2) is 12.3 Å². The van der Waals surface area contributed by atoms with E-state index in [0.717, 1.165) is 36.1 Å². The van der Waals surface area contributed by atoms with E-state index in [1.165, 1.54) is 23.6 Å². The molecule has 1 aliphatic carbocycles. The van der Waals surface area contributed by atoms with Gasteiger partial charge in [-0.2, -0.15) is 4.98 Å². The van der Waals surface area contributed by atoms with Gasteiger partial charge < -0.3 is 31.2 Å². The molecule has 2 amide bonds. The molecule has 12 heteroatoms. The molecule has 0 saturated carbocycles. The molecule has 206 valence electrons. The second kappa shape index (κ2) is 10.4. The van der Waals surface area contributed by atoms with Crippen molar-refractivity contribution in [3.8, 4) is 6.01 Å². The van der Waals surface area contributed by atoms with Gasteiger partial charge in [0.05, 0.1) is 17.1 Å². The number of anilines is 2. The number of rotatable bonds is 5. The van der Waals surface area contributed by atoms with Gasteiger partial charge in [0.25, 0.3) is 0 Å².